The van der Waals surface area contributed by atoms with Crippen LogP contribution in [-0.2, 0) is 0 Å². The molecular formula is C10H13ClN2. The number of aryl methyl sites for hydroxylation is 1. The average molecular weight is 197 g/mol. The molecule has 0 aliphatic heterocycles. The summed E-state index contributed by atoms with van der Waals surface area (Å²) in [4.78, 5) is 4.10. The van der Waals surface area contributed by atoms with Crippen molar-refractivity contribution in [2.45, 2.75) is 25.8 Å². The van der Waals surface area contributed by atoms with Gasteiger partial charge in [0.15, 0.2) is 0 Å². The molecule has 3 heteroatoms. The van der Waals surface area contributed by atoms with E-state index in [2.05, 4.69) is 4.98 Å². The molecule has 0 saturated heterocycles. The van der Waals surface area contributed by atoms with Gasteiger partial charge >= 0.3 is 0 Å². The van der Waals surface area contributed by atoms with E-state index in [9.17, 15) is 0 Å². The largest absolute Gasteiger partial charge is 0.324 e. The van der Waals surface area contributed by atoms with E-state index >= 15 is 0 Å². The van der Waals surface area contributed by atoms with Crippen molar-refractivity contribution in [3.63, 3.8) is 0 Å². The summed E-state index contributed by atoms with van der Waals surface area (Å²) in [6, 6.07) is 2.20. The van der Waals surface area contributed by atoms with E-state index in [-0.39, 0.29) is 6.04 Å². The van der Waals surface area contributed by atoms with Crippen molar-refractivity contribution in [1.82, 2.24) is 4.98 Å². The van der Waals surface area contributed by atoms with Crippen LogP contribution >= 0.6 is 11.6 Å². The summed E-state index contributed by atoms with van der Waals surface area (Å²) in [5.74, 6) is 0.669. The normalized spacial score (nSPS) is 18.7. The van der Waals surface area contributed by atoms with Gasteiger partial charge < -0.3 is 5.73 Å². The number of pyridine rings is 1. The van der Waals surface area contributed by atoms with Gasteiger partial charge in [0.2, 0.25) is 0 Å². The third-order valence-electron chi connectivity index (χ3n) is 2.55. The highest BCUT2D eigenvalue weighted by Gasteiger charge is 2.29. The van der Waals surface area contributed by atoms with Gasteiger partial charge in [-0.05, 0) is 42.9 Å². The molecule has 1 atom stereocenters. The highest BCUT2D eigenvalue weighted by atomic mass is 35.5. The summed E-state index contributed by atoms with van der Waals surface area (Å²) < 4.78 is 0. The minimum Gasteiger partial charge on any atom is -0.324 e. The SMILES string of the molecule is Cc1cc([C@H](N)C2CC2)cnc1Cl. The molecule has 0 unspecified atom stereocenters. The third kappa shape index (κ3) is 1.84. The molecule has 0 aromatic carbocycles. The topological polar surface area (TPSA) is 38.9 Å². The second kappa shape index (κ2) is 3.28. The summed E-state index contributed by atoms with van der Waals surface area (Å²) in [7, 11) is 0. The zero-order valence-electron chi connectivity index (χ0n) is 7.63. The number of nitrogens with zero attached hydrogens (tertiary/aromatic N) is 1. The lowest BCUT2D eigenvalue weighted by molar-refractivity contribution is 0.630. The van der Waals surface area contributed by atoms with Crippen LogP contribution < -0.4 is 5.73 Å². The Bertz CT molecular complexity index is 321. The zero-order chi connectivity index (χ0) is 9.42. The Labute approximate surface area is 83.1 Å². The van der Waals surface area contributed by atoms with Crippen molar-refractivity contribution < 1.29 is 0 Å². The van der Waals surface area contributed by atoms with Crippen LogP contribution in [0.1, 0.15) is 30.0 Å². The van der Waals surface area contributed by atoms with E-state index in [1.165, 1.54) is 12.8 Å². The van der Waals surface area contributed by atoms with Gasteiger partial charge in [0.1, 0.15) is 5.15 Å². The molecule has 1 fully saturated rings. The highest BCUT2D eigenvalue weighted by Crippen LogP contribution is 2.39. The third-order valence-corrected chi connectivity index (χ3v) is 2.95. The first-order valence-electron chi connectivity index (χ1n) is 4.56. The van der Waals surface area contributed by atoms with Crippen molar-refractivity contribution in [3.05, 3.63) is 28.5 Å². The van der Waals surface area contributed by atoms with Crippen LogP contribution in [0.5, 0.6) is 0 Å². The molecular weight excluding hydrogens is 184 g/mol. The minimum atomic E-state index is 0.156. The van der Waals surface area contributed by atoms with Crippen LogP contribution in [0.25, 0.3) is 0 Å². The van der Waals surface area contributed by atoms with Gasteiger partial charge in [-0.25, -0.2) is 4.98 Å². The standard InChI is InChI=1S/C10H13ClN2/c1-6-4-8(5-13-10(6)11)9(12)7-2-3-7/h4-5,7,9H,2-3,12H2,1H3/t9-/m1/s1. The Balaban J connectivity index is 2.24. The summed E-state index contributed by atoms with van der Waals surface area (Å²) in [6.07, 6.45) is 4.30. The van der Waals surface area contributed by atoms with Crippen LogP contribution in [-0.4, -0.2) is 4.98 Å². The van der Waals surface area contributed by atoms with E-state index < -0.39 is 0 Å². The van der Waals surface area contributed by atoms with E-state index in [1.54, 1.807) is 6.20 Å². The first kappa shape index (κ1) is 8.97. The summed E-state index contributed by atoms with van der Waals surface area (Å²) in [6.45, 7) is 1.96. The quantitative estimate of drug-likeness (QED) is 0.739. The van der Waals surface area contributed by atoms with Gasteiger partial charge in [-0.2, -0.15) is 0 Å². The molecule has 0 bridgehead atoms. The number of nitrogens with two attached hydrogens (primary N) is 1. The Morgan fingerprint density at radius 3 is 2.85 bits per heavy atom. The molecule has 0 radical (unpaired) electrons. The monoisotopic (exact) mass is 196 g/mol. The molecule has 70 valence electrons. The lowest BCUT2D eigenvalue weighted by Gasteiger charge is -2.10. The van der Waals surface area contributed by atoms with E-state index in [0.29, 0.717) is 11.1 Å². The average Bonchev–Trinajstić information content (AvgIpc) is 2.91. The van der Waals surface area contributed by atoms with Crippen molar-refractivity contribution in [1.29, 1.82) is 0 Å². The maximum atomic E-state index is 6.04. The van der Waals surface area contributed by atoms with Crippen molar-refractivity contribution in [2.24, 2.45) is 11.7 Å². The fourth-order valence-corrected chi connectivity index (χ4v) is 1.59. The lowest BCUT2D eigenvalue weighted by Crippen LogP contribution is -2.12. The number of aromatic nitrogens is 1. The molecule has 1 heterocycles. The smallest absolute Gasteiger partial charge is 0.131 e. The zero-order valence-corrected chi connectivity index (χ0v) is 8.38. The van der Waals surface area contributed by atoms with Crippen LogP contribution in [0, 0.1) is 12.8 Å². The van der Waals surface area contributed by atoms with Gasteiger partial charge in [-0.3, -0.25) is 0 Å². The number of hydrogen-bond donors (Lipinski definition) is 1. The fourth-order valence-electron chi connectivity index (χ4n) is 1.49. The molecule has 1 aromatic rings. The molecule has 1 aliphatic rings. The van der Waals surface area contributed by atoms with Gasteiger partial charge in [-0.1, -0.05) is 11.6 Å². The second-order valence-electron chi connectivity index (χ2n) is 3.74. The van der Waals surface area contributed by atoms with Crippen LogP contribution in [0.2, 0.25) is 5.15 Å². The van der Waals surface area contributed by atoms with Crippen molar-refractivity contribution in [3.8, 4) is 0 Å². The Kier molecular flexibility index (Phi) is 2.26. The predicted octanol–water partition coefficient (Wildman–Crippen LogP) is 2.45. The number of halogens is 1. The maximum absolute atomic E-state index is 6.04. The van der Waals surface area contributed by atoms with Gasteiger partial charge in [0.25, 0.3) is 0 Å². The maximum Gasteiger partial charge on any atom is 0.131 e. The summed E-state index contributed by atoms with van der Waals surface area (Å²) in [5, 5.41) is 0.576. The summed E-state index contributed by atoms with van der Waals surface area (Å²) in [5.41, 5.74) is 8.16. The first-order chi connectivity index (χ1) is 6.18. The van der Waals surface area contributed by atoms with Crippen molar-refractivity contribution in [2.75, 3.05) is 0 Å². The molecule has 0 spiro atoms. The molecule has 2 nitrogen and oxygen atoms in total. The highest BCUT2D eigenvalue weighted by molar-refractivity contribution is 6.30. The predicted molar refractivity (Wildman–Crippen MR) is 53.6 cm³/mol. The van der Waals surface area contributed by atoms with Gasteiger partial charge in [-0.15, -0.1) is 0 Å². The molecule has 1 aliphatic carbocycles. The first-order valence-corrected chi connectivity index (χ1v) is 4.94. The fraction of sp³-hybridized carbons (Fsp3) is 0.500. The van der Waals surface area contributed by atoms with E-state index in [4.69, 9.17) is 17.3 Å². The number of hydrogen-bond acceptors (Lipinski definition) is 2. The Morgan fingerprint density at radius 2 is 2.31 bits per heavy atom. The van der Waals surface area contributed by atoms with Crippen LogP contribution in [0.4, 0.5) is 0 Å². The molecule has 1 saturated carbocycles. The molecule has 2 rings (SSSR count). The Hall–Kier alpha value is -0.600. The van der Waals surface area contributed by atoms with Crippen LogP contribution in [0.15, 0.2) is 12.3 Å². The van der Waals surface area contributed by atoms with Crippen LogP contribution in [0.3, 0.4) is 0 Å². The molecule has 13 heavy (non-hydrogen) atoms. The lowest BCUT2D eigenvalue weighted by atomic mass is 10.0. The Morgan fingerprint density at radius 1 is 1.62 bits per heavy atom. The van der Waals surface area contributed by atoms with Gasteiger partial charge in [0.05, 0.1) is 0 Å². The number of rotatable bonds is 2. The van der Waals surface area contributed by atoms with Gasteiger partial charge in [0, 0.05) is 12.2 Å². The van der Waals surface area contributed by atoms with E-state index in [0.717, 1.165) is 11.1 Å². The van der Waals surface area contributed by atoms with Crippen molar-refractivity contribution >= 4 is 11.6 Å². The summed E-state index contributed by atoms with van der Waals surface area (Å²) >= 11 is 5.83. The molecule has 1 aromatic heterocycles. The molecule has 0 amide bonds. The molecule has 2 N–H and O–H groups in total. The minimum absolute atomic E-state index is 0.156. The second-order valence-corrected chi connectivity index (χ2v) is 4.10. The van der Waals surface area contributed by atoms with E-state index in [1.807, 2.05) is 13.0 Å².